The Hall–Kier alpha value is -2.99. The predicted molar refractivity (Wildman–Crippen MR) is 115 cm³/mol. The van der Waals surface area contributed by atoms with Gasteiger partial charge in [-0.25, -0.2) is 9.78 Å². The lowest BCUT2D eigenvalue weighted by Gasteiger charge is -2.34. The molecule has 0 saturated heterocycles. The van der Waals surface area contributed by atoms with Gasteiger partial charge in [-0.1, -0.05) is 45.4 Å². The molecule has 6 heteroatoms. The lowest BCUT2D eigenvalue weighted by atomic mass is 9.85. The molecule has 30 heavy (non-hydrogen) atoms. The van der Waals surface area contributed by atoms with E-state index in [9.17, 15) is 9.59 Å². The van der Waals surface area contributed by atoms with E-state index in [0.717, 1.165) is 27.9 Å². The van der Waals surface area contributed by atoms with Crippen molar-refractivity contribution in [1.82, 2.24) is 9.55 Å². The molecular formula is C24H26N2O4. The van der Waals surface area contributed by atoms with Crippen molar-refractivity contribution in [3.8, 4) is 11.4 Å². The minimum atomic E-state index is -1.25. The number of hydrogen-bond acceptors (Lipinski definition) is 5. The quantitative estimate of drug-likeness (QED) is 0.468. The lowest BCUT2D eigenvalue weighted by molar-refractivity contribution is -0.176. The molecule has 156 valence electrons. The molecule has 2 aliphatic rings. The second-order valence-corrected chi connectivity index (χ2v) is 7.67. The summed E-state index contributed by atoms with van der Waals surface area (Å²) in [6.45, 7) is 6.54. The van der Waals surface area contributed by atoms with Crippen molar-refractivity contribution in [2.45, 2.75) is 52.4 Å². The van der Waals surface area contributed by atoms with Gasteiger partial charge in [0.15, 0.2) is 5.60 Å². The van der Waals surface area contributed by atoms with E-state index in [-0.39, 0.29) is 12.2 Å². The standard InChI is InChI=1S/C21H18N2O4.C3H8/c1-3-21(26-2)15-9-17-18-13(8-12-6-4-5-7-16(12)22-18)10-23(17)19(24)14(15)11-27-20(21)25;1-3-2/h4-9H,3,10-11H2,1-2H3;3H2,1-2H3/t21-;/m0./s1. The number of aromatic nitrogens is 2. The summed E-state index contributed by atoms with van der Waals surface area (Å²) in [6.07, 6.45) is 1.64. The van der Waals surface area contributed by atoms with E-state index >= 15 is 0 Å². The van der Waals surface area contributed by atoms with Crippen LogP contribution < -0.4 is 5.56 Å². The number of ether oxygens (including phenoxy) is 2. The van der Waals surface area contributed by atoms with E-state index in [2.05, 4.69) is 19.9 Å². The number of para-hydroxylation sites is 1. The highest BCUT2D eigenvalue weighted by Crippen LogP contribution is 2.40. The molecule has 2 aliphatic heterocycles. The fourth-order valence-electron chi connectivity index (χ4n) is 4.25. The van der Waals surface area contributed by atoms with Gasteiger partial charge >= 0.3 is 5.97 Å². The van der Waals surface area contributed by atoms with E-state index in [0.29, 0.717) is 24.1 Å². The number of hydrogen-bond donors (Lipinski definition) is 0. The average molecular weight is 406 g/mol. The lowest BCUT2D eigenvalue weighted by Crippen LogP contribution is -2.45. The van der Waals surface area contributed by atoms with E-state index in [1.54, 1.807) is 4.57 Å². The number of carbonyl (C=O) groups is 1. The Balaban J connectivity index is 0.000000687. The second kappa shape index (κ2) is 7.69. The van der Waals surface area contributed by atoms with Crippen LogP contribution in [0.5, 0.6) is 0 Å². The number of cyclic esters (lactones) is 1. The van der Waals surface area contributed by atoms with Crippen LogP contribution >= 0.6 is 0 Å². The number of rotatable bonds is 2. The van der Waals surface area contributed by atoms with Crippen molar-refractivity contribution in [2.75, 3.05) is 7.11 Å². The zero-order chi connectivity index (χ0) is 21.5. The van der Waals surface area contributed by atoms with Crippen molar-refractivity contribution in [1.29, 1.82) is 0 Å². The maximum atomic E-state index is 13.2. The Kier molecular flexibility index (Phi) is 5.20. The third-order valence-electron chi connectivity index (χ3n) is 5.73. The molecule has 0 radical (unpaired) electrons. The van der Waals surface area contributed by atoms with Gasteiger partial charge in [0.05, 0.1) is 29.0 Å². The molecule has 6 nitrogen and oxygen atoms in total. The first-order valence-corrected chi connectivity index (χ1v) is 10.4. The van der Waals surface area contributed by atoms with Crippen molar-refractivity contribution < 1.29 is 14.3 Å². The van der Waals surface area contributed by atoms with Gasteiger partial charge in [-0.2, -0.15) is 0 Å². The van der Waals surface area contributed by atoms with E-state index in [1.807, 2.05) is 37.3 Å². The average Bonchev–Trinajstić information content (AvgIpc) is 3.11. The summed E-state index contributed by atoms with van der Waals surface area (Å²) in [5.74, 6) is -0.450. The number of methoxy groups -OCH3 is 1. The van der Waals surface area contributed by atoms with Crippen LogP contribution in [0.25, 0.3) is 22.3 Å². The molecule has 0 aliphatic carbocycles. The van der Waals surface area contributed by atoms with Gasteiger partial charge in [0, 0.05) is 23.6 Å². The van der Waals surface area contributed by atoms with Crippen LogP contribution in [0.4, 0.5) is 0 Å². The fraction of sp³-hybridized carbons (Fsp3) is 0.375. The molecule has 4 heterocycles. The zero-order valence-corrected chi connectivity index (χ0v) is 17.8. The number of pyridine rings is 2. The van der Waals surface area contributed by atoms with E-state index in [1.165, 1.54) is 13.5 Å². The smallest absolute Gasteiger partial charge is 0.343 e. The molecule has 0 unspecified atom stereocenters. The Bertz CT molecular complexity index is 1190. The van der Waals surface area contributed by atoms with Crippen LogP contribution in [0.2, 0.25) is 0 Å². The summed E-state index contributed by atoms with van der Waals surface area (Å²) in [5, 5.41) is 1.04. The normalized spacial score (nSPS) is 18.7. The summed E-state index contributed by atoms with van der Waals surface area (Å²) >= 11 is 0. The summed E-state index contributed by atoms with van der Waals surface area (Å²) in [7, 11) is 1.48. The van der Waals surface area contributed by atoms with Gasteiger partial charge in [0.1, 0.15) is 6.61 Å². The minimum absolute atomic E-state index is 0.0237. The van der Waals surface area contributed by atoms with Crippen molar-refractivity contribution in [3.05, 3.63) is 63.4 Å². The van der Waals surface area contributed by atoms with Gasteiger partial charge in [-0.15, -0.1) is 0 Å². The van der Waals surface area contributed by atoms with Crippen LogP contribution in [-0.4, -0.2) is 22.6 Å². The third-order valence-corrected chi connectivity index (χ3v) is 5.73. The minimum Gasteiger partial charge on any atom is -0.458 e. The molecule has 0 saturated carbocycles. The van der Waals surface area contributed by atoms with Crippen LogP contribution in [-0.2, 0) is 33.0 Å². The highest BCUT2D eigenvalue weighted by Gasteiger charge is 2.47. The van der Waals surface area contributed by atoms with Gasteiger partial charge in [0.2, 0.25) is 0 Å². The SMILES string of the molecule is CCC.CC[C@@]1(OC)C(=O)OCc2c1cc1n(c2=O)Cc2cc3ccccc3nc2-1. The predicted octanol–water partition coefficient (Wildman–Crippen LogP) is 4.15. The molecule has 5 rings (SSSR count). The van der Waals surface area contributed by atoms with Gasteiger partial charge in [-0.05, 0) is 24.6 Å². The van der Waals surface area contributed by atoms with Crippen LogP contribution in [0, 0.1) is 0 Å². The Morgan fingerprint density at radius 3 is 2.60 bits per heavy atom. The molecule has 0 spiro atoms. The molecule has 0 amide bonds. The first kappa shape index (κ1) is 20.3. The van der Waals surface area contributed by atoms with Crippen molar-refractivity contribution >= 4 is 16.9 Å². The van der Waals surface area contributed by atoms with Crippen LogP contribution in [0.1, 0.15) is 50.3 Å². The Morgan fingerprint density at radius 2 is 1.90 bits per heavy atom. The molecule has 0 bridgehead atoms. The fourth-order valence-corrected chi connectivity index (χ4v) is 4.25. The monoisotopic (exact) mass is 406 g/mol. The first-order chi connectivity index (χ1) is 14.5. The summed E-state index contributed by atoms with van der Waals surface area (Å²) in [4.78, 5) is 30.5. The molecule has 2 aromatic heterocycles. The summed E-state index contributed by atoms with van der Waals surface area (Å²) in [6, 6.07) is 11.8. The largest absolute Gasteiger partial charge is 0.458 e. The van der Waals surface area contributed by atoms with Crippen molar-refractivity contribution in [2.24, 2.45) is 0 Å². The molecule has 1 atom stereocenters. The second-order valence-electron chi connectivity index (χ2n) is 7.67. The molecule has 3 aromatic rings. The van der Waals surface area contributed by atoms with E-state index in [4.69, 9.17) is 14.5 Å². The molecule has 0 fully saturated rings. The number of fused-ring (bicyclic) bond motifs is 5. The highest BCUT2D eigenvalue weighted by molar-refractivity contribution is 5.86. The maximum Gasteiger partial charge on any atom is 0.343 e. The Morgan fingerprint density at radius 1 is 1.17 bits per heavy atom. The zero-order valence-electron chi connectivity index (χ0n) is 17.8. The van der Waals surface area contributed by atoms with Crippen LogP contribution in [0.15, 0.2) is 41.2 Å². The number of carbonyl (C=O) groups excluding carboxylic acids is 1. The van der Waals surface area contributed by atoms with Gasteiger partial charge in [0.25, 0.3) is 5.56 Å². The summed E-state index contributed by atoms with van der Waals surface area (Å²) < 4.78 is 12.6. The number of benzene rings is 1. The summed E-state index contributed by atoms with van der Waals surface area (Å²) in [5.41, 5.74) is 3.08. The van der Waals surface area contributed by atoms with Crippen molar-refractivity contribution in [3.63, 3.8) is 0 Å². The molecule has 1 aromatic carbocycles. The van der Waals surface area contributed by atoms with Crippen LogP contribution in [0.3, 0.4) is 0 Å². The van der Waals surface area contributed by atoms with Gasteiger partial charge < -0.3 is 14.0 Å². The van der Waals surface area contributed by atoms with E-state index < -0.39 is 11.6 Å². The number of nitrogens with zero attached hydrogens (tertiary/aromatic N) is 2. The molecular weight excluding hydrogens is 380 g/mol. The third kappa shape index (κ3) is 2.86. The topological polar surface area (TPSA) is 70.4 Å². The molecule has 0 N–H and O–H groups in total. The van der Waals surface area contributed by atoms with Gasteiger partial charge in [-0.3, -0.25) is 4.79 Å². The first-order valence-electron chi connectivity index (χ1n) is 10.4. The maximum absolute atomic E-state index is 13.2. The highest BCUT2D eigenvalue weighted by atomic mass is 16.6. The number of esters is 1. The Labute approximate surface area is 175 Å².